The van der Waals surface area contributed by atoms with Crippen LogP contribution in [-0.4, -0.2) is 35.1 Å². The number of carbonyl (C=O) groups is 1. The summed E-state index contributed by atoms with van der Waals surface area (Å²) in [5, 5.41) is 18.7. The molecule has 1 amide bonds. The van der Waals surface area contributed by atoms with Crippen LogP contribution in [-0.2, 0) is 4.79 Å². The lowest BCUT2D eigenvalue weighted by Gasteiger charge is -2.35. The molecule has 0 aromatic carbocycles. The van der Waals surface area contributed by atoms with Crippen molar-refractivity contribution in [2.75, 3.05) is 13.1 Å². The van der Waals surface area contributed by atoms with Crippen LogP contribution in [0.5, 0.6) is 0 Å². The molecule has 1 heterocycles. The molecule has 3 unspecified atom stereocenters. The van der Waals surface area contributed by atoms with Crippen LogP contribution in [0, 0.1) is 29.1 Å². The highest BCUT2D eigenvalue weighted by molar-refractivity contribution is 5.81. The smallest absolute Gasteiger partial charge is 0.240 e. The molecule has 0 radical (unpaired) electrons. The SMILES string of the molecule is CC(C)C(C#N)C(=O)N1CCC(C)C(O)C1. The van der Waals surface area contributed by atoms with Gasteiger partial charge in [0.05, 0.1) is 12.2 Å². The third-order valence-corrected chi connectivity index (χ3v) is 3.30. The van der Waals surface area contributed by atoms with Gasteiger partial charge in [-0.25, -0.2) is 0 Å². The summed E-state index contributed by atoms with van der Waals surface area (Å²) in [6, 6.07) is 2.05. The molecule has 1 aliphatic heterocycles. The number of nitrogens with zero attached hydrogens (tertiary/aromatic N) is 2. The van der Waals surface area contributed by atoms with Crippen molar-refractivity contribution in [3.05, 3.63) is 0 Å². The molecule has 4 nitrogen and oxygen atoms in total. The maximum absolute atomic E-state index is 12.0. The van der Waals surface area contributed by atoms with E-state index in [9.17, 15) is 9.90 Å². The van der Waals surface area contributed by atoms with Gasteiger partial charge >= 0.3 is 0 Å². The average molecular weight is 224 g/mol. The zero-order valence-corrected chi connectivity index (χ0v) is 10.2. The van der Waals surface area contributed by atoms with Crippen molar-refractivity contribution < 1.29 is 9.90 Å². The third kappa shape index (κ3) is 2.73. The number of hydrogen-bond donors (Lipinski definition) is 1. The van der Waals surface area contributed by atoms with Crippen LogP contribution in [0.3, 0.4) is 0 Å². The van der Waals surface area contributed by atoms with Gasteiger partial charge in [0.1, 0.15) is 5.92 Å². The first kappa shape index (κ1) is 13.0. The molecule has 0 saturated carbocycles. The summed E-state index contributed by atoms with van der Waals surface area (Å²) in [4.78, 5) is 13.6. The van der Waals surface area contributed by atoms with Crippen molar-refractivity contribution in [3.63, 3.8) is 0 Å². The largest absolute Gasteiger partial charge is 0.391 e. The first-order valence-corrected chi connectivity index (χ1v) is 5.83. The monoisotopic (exact) mass is 224 g/mol. The second-order valence-electron chi connectivity index (χ2n) is 4.97. The molecular weight excluding hydrogens is 204 g/mol. The number of rotatable bonds is 2. The lowest BCUT2D eigenvalue weighted by molar-refractivity contribution is -0.139. The second kappa shape index (κ2) is 5.31. The molecule has 0 aliphatic carbocycles. The quantitative estimate of drug-likeness (QED) is 0.761. The number of nitriles is 1. The topological polar surface area (TPSA) is 64.3 Å². The van der Waals surface area contributed by atoms with Crippen molar-refractivity contribution in [3.8, 4) is 6.07 Å². The standard InChI is InChI=1S/C12H20N2O2/c1-8(2)10(6-13)12(16)14-5-4-9(3)11(15)7-14/h8-11,15H,4-5,7H2,1-3H3. The Labute approximate surface area is 96.9 Å². The van der Waals surface area contributed by atoms with E-state index in [0.29, 0.717) is 13.1 Å². The molecule has 16 heavy (non-hydrogen) atoms. The van der Waals surface area contributed by atoms with E-state index in [1.807, 2.05) is 20.8 Å². The number of amides is 1. The van der Waals surface area contributed by atoms with Gasteiger partial charge in [0.2, 0.25) is 5.91 Å². The third-order valence-electron chi connectivity index (χ3n) is 3.30. The van der Waals surface area contributed by atoms with Gasteiger partial charge in [-0.1, -0.05) is 20.8 Å². The van der Waals surface area contributed by atoms with E-state index >= 15 is 0 Å². The molecule has 3 atom stereocenters. The van der Waals surface area contributed by atoms with Crippen LogP contribution >= 0.6 is 0 Å². The van der Waals surface area contributed by atoms with Crippen molar-refractivity contribution in [1.82, 2.24) is 4.90 Å². The zero-order chi connectivity index (χ0) is 12.3. The molecule has 4 heteroatoms. The van der Waals surface area contributed by atoms with Crippen molar-refractivity contribution in [2.45, 2.75) is 33.3 Å². The number of hydrogen-bond acceptors (Lipinski definition) is 3. The summed E-state index contributed by atoms with van der Waals surface area (Å²) in [6.45, 7) is 6.74. The summed E-state index contributed by atoms with van der Waals surface area (Å²) < 4.78 is 0. The minimum atomic E-state index is -0.583. The van der Waals surface area contributed by atoms with Gasteiger partial charge in [-0.3, -0.25) is 4.79 Å². The lowest BCUT2D eigenvalue weighted by atomic mass is 9.92. The fourth-order valence-electron chi connectivity index (χ4n) is 1.94. The minimum absolute atomic E-state index is 0.0222. The van der Waals surface area contributed by atoms with Crippen LogP contribution < -0.4 is 0 Å². The Morgan fingerprint density at radius 2 is 2.19 bits per heavy atom. The van der Waals surface area contributed by atoms with Crippen LogP contribution in [0.4, 0.5) is 0 Å². The number of likely N-dealkylation sites (tertiary alicyclic amines) is 1. The summed E-state index contributed by atoms with van der Waals surface area (Å²) in [6.07, 6.45) is 0.354. The Hall–Kier alpha value is -1.08. The zero-order valence-electron chi connectivity index (χ0n) is 10.2. The van der Waals surface area contributed by atoms with Gasteiger partial charge in [0.15, 0.2) is 0 Å². The van der Waals surface area contributed by atoms with E-state index in [0.717, 1.165) is 6.42 Å². The molecule has 0 aromatic rings. The molecule has 1 rings (SSSR count). The highest BCUT2D eigenvalue weighted by atomic mass is 16.3. The molecule has 0 bridgehead atoms. The maximum atomic E-state index is 12.0. The second-order valence-corrected chi connectivity index (χ2v) is 4.97. The molecule has 90 valence electrons. The first-order valence-electron chi connectivity index (χ1n) is 5.83. The first-order chi connectivity index (χ1) is 7.47. The molecule has 0 spiro atoms. The Kier molecular flexibility index (Phi) is 4.31. The number of piperidine rings is 1. The summed E-state index contributed by atoms with van der Waals surface area (Å²) >= 11 is 0. The van der Waals surface area contributed by atoms with Crippen LogP contribution in [0.15, 0.2) is 0 Å². The number of aliphatic hydroxyl groups is 1. The normalized spacial score (nSPS) is 27.6. The highest BCUT2D eigenvalue weighted by Crippen LogP contribution is 2.21. The van der Waals surface area contributed by atoms with E-state index in [-0.39, 0.29) is 17.7 Å². The van der Waals surface area contributed by atoms with E-state index in [2.05, 4.69) is 6.07 Å². The Morgan fingerprint density at radius 3 is 2.62 bits per heavy atom. The lowest BCUT2D eigenvalue weighted by Crippen LogP contribution is -2.48. The van der Waals surface area contributed by atoms with E-state index in [4.69, 9.17) is 5.26 Å². The van der Waals surface area contributed by atoms with E-state index < -0.39 is 12.0 Å². The summed E-state index contributed by atoms with van der Waals surface area (Å²) in [7, 11) is 0. The Morgan fingerprint density at radius 1 is 1.56 bits per heavy atom. The Balaban J connectivity index is 2.65. The van der Waals surface area contributed by atoms with Gasteiger partial charge in [0.25, 0.3) is 0 Å². The summed E-state index contributed by atoms with van der Waals surface area (Å²) in [5.74, 6) is -0.457. The van der Waals surface area contributed by atoms with E-state index in [1.54, 1.807) is 4.90 Å². The fraction of sp³-hybridized carbons (Fsp3) is 0.833. The molecule has 0 aromatic heterocycles. The predicted octanol–water partition coefficient (Wildman–Crippen LogP) is 1.01. The van der Waals surface area contributed by atoms with Gasteiger partial charge < -0.3 is 10.0 Å². The highest BCUT2D eigenvalue weighted by Gasteiger charge is 2.32. The van der Waals surface area contributed by atoms with Crippen LogP contribution in [0.1, 0.15) is 27.2 Å². The molecule has 1 N–H and O–H groups in total. The van der Waals surface area contributed by atoms with Gasteiger partial charge in [-0.15, -0.1) is 0 Å². The molecule has 1 fully saturated rings. The van der Waals surface area contributed by atoms with Gasteiger partial charge in [0, 0.05) is 13.1 Å². The Bertz CT molecular complexity index is 296. The fourth-order valence-corrected chi connectivity index (χ4v) is 1.94. The minimum Gasteiger partial charge on any atom is -0.391 e. The molecule has 1 aliphatic rings. The van der Waals surface area contributed by atoms with Crippen molar-refractivity contribution >= 4 is 5.91 Å². The van der Waals surface area contributed by atoms with Crippen LogP contribution in [0.25, 0.3) is 0 Å². The summed E-state index contributed by atoms with van der Waals surface area (Å²) in [5.41, 5.74) is 0. The van der Waals surface area contributed by atoms with Crippen molar-refractivity contribution in [1.29, 1.82) is 5.26 Å². The number of aliphatic hydroxyl groups excluding tert-OH is 1. The number of β-amino-alcohol motifs (C(OH)–C–C–N with tert-alkyl or cyclic N) is 1. The molecule has 1 saturated heterocycles. The number of carbonyl (C=O) groups excluding carboxylic acids is 1. The average Bonchev–Trinajstić information content (AvgIpc) is 2.22. The van der Waals surface area contributed by atoms with E-state index in [1.165, 1.54) is 0 Å². The molecular formula is C12H20N2O2. The van der Waals surface area contributed by atoms with Crippen molar-refractivity contribution in [2.24, 2.45) is 17.8 Å². The predicted molar refractivity (Wildman–Crippen MR) is 60.3 cm³/mol. The maximum Gasteiger partial charge on any atom is 0.240 e. The van der Waals surface area contributed by atoms with Gasteiger partial charge in [-0.05, 0) is 18.3 Å². The van der Waals surface area contributed by atoms with Gasteiger partial charge in [-0.2, -0.15) is 5.26 Å². The van der Waals surface area contributed by atoms with Crippen LogP contribution in [0.2, 0.25) is 0 Å².